The van der Waals surface area contributed by atoms with Crippen molar-refractivity contribution in [3.8, 4) is 0 Å². The van der Waals surface area contributed by atoms with Gasteiger partial charge in [-0.15, -0.1) is 0 Å². The molecule has 1 aliphatic rings. The van der Waals surface area contributed by atoms with Crippen molar-refractivity contribution in [2.24, 2.45) is 0 Å². The minimum atomic E-state index is 0.183. The average molecular weight is 297 g/mol. The van der Waals surface area contributed by atoms with Crippen LogP contribution in [0, 0.1) is 0 Å². The van der Waals surface area contributed by atoms with Crippen molar-refractivity contribution in [1.29, 1.82) is 0 Å². The smallest absolute Gasteiger partial charge is 0.219 e. The molecule has 1 aromatic carbocycles. The van der Waals surface area contributed by atoms with Crippen LogP contribution in [0.4, 0.5) is 5.69 Å². The lowest BCUT2D eigenvalue weighted by Crippen LogP contribution is -2.33. The summed E-state index contributed by atoms with van der Waals surface area (Å²) < 4.78 is 1.10. The molecule has 0 unspecified atom stereocenters. The number of hydrogen-bond acceptors (Lipinski definition) is 2. The first-order valence-electron chi connectivity index (χ1n) is 5.93. The van der Waals surface area contributed by atoms with E-state index in [2.05, 4.69) is 45.1 Å². The van der Waals surface area contributed by atoms with E-state index in [1.165, 1.54) is 5.69 Å². The second kappa shape index (κ2) is 5.54. The van der Waals surface area contributed by atoms with E-state index in [1.54, 1.807) is 6.92 Å². The van der Waals surface area contributed by atoms with Crippen LogP contribution >= 0.6 is 15.9 Å². The SMILES string of the molecule is CC(=O)N1CCCN(c2ccc(Br)cc2)CC1. The number of carbonyl (C=O) groups excluding carboxylic acids is 1. The van der Waals surface area contributed by atoms with Gasteiger partial charge in [-0.25, -0.2) is 0 Å². The van der Waals surface area contributed by atoms with Crippen molar-refractivity contribution in [3.05, 3.63) is 28.7 Å². The molecule has 1 heterocycles. The topological polar surface area (TPSA) is 23.6 Å². The summed E-state index contributed by atoms with van der Waals surface area (Å²) in [6.45, 7) is 5.29. The van der Waals surface area contributed by atoms with Crippen molar-refractivity contribution in [2.75, 3.05) is 31.1 Å². The standard InChI is InChI=1S/C13H17BrN2O/c1-11(17)15-7-2-8-16(10-9-15)13-5-3-12(14)4-6-13/h3-6H,2,7-10H2,1H3. The predicted molar refractivity (Wildman–Crippen MR) is 73.2 cm³/mol. The Hall–Kier alpha value is -1.03. The summed E-state index contributed by atoms with van der Waals surface area (Å²) >= 11 is 3.44. The van der Waals surface area contributed by atoms with Crippen LogP contribution in [0.2, 0.25) is 0 Å². The van der Waals surface area contributed by atoms with Crippen molar-refractivity contribution < 1.29 is 4.79 Å². The van der Waals surface area contributed by atoms with Crippen LogP contribution in [-0.4, -0.2) is 37.0 Å². The summed E-state index contributed by atoms with van der Waals surface area (Å²) in [6, 6.07) is 8.35. The van der Waals surface area contributed by atoms with Crippen molar-refractivity contribution in [1.82, 2.24) is 4.90 Å². The van der Waals surface area contributed by atoms with Crippen LogP contribution in [0.15, 0.2) is 28.7 Å². The fraction of sp³-hybridized carbons (Fsp3) is 0.462. The van der Waals surface area contributed by atoms with Gasteiger partial charge in [0.25, 0.3) is 0 Å². The first-order valence-corrected chi connectivity index (χ1v) is 6.72. The van der Waals surface area contributed by atoms with E-state index in [1.807, 2.05) is 4.90 Å². The molecule has 0 N–H and O–H groups in total. The summed E-state index contributed by atoms with van der Waals surface area (Å²) in [4.78, 5) is 15.6. The van der Waals surface area contributed by atoms with E-state index in [4.69, 9.17) is 0 Å². The van der Waals surface area contributed by atoms with Crippen LogP contribution in [0.3, 0.4) is 0 Å². The van der Waals surface area contributed by atoms with Gasteiger partial charge in [0.2, 0.25) is 5.91 Å². The number of anilines is 1. The zero-order valence-corrected chi connectivity index (χ0v) is 11.6. The average Bonchev–Trinajstić information content (AvgIpc) is 2.55. The fourth-order valence-electron chi connectivity index (χ4n) is 2.14. The van der Waals surface area contributed by atoms with Crippen LogP contribution < -0.4 is 4.90 Å². The van der Waals surface area contributed by atoms with E-state index in [9.17, 15) is 4.79 Å². The normalized spacial score (nSPS) is 16.8. The Morgan fingerprint density at radius 2 is 1.82 bits per heavy atom. The first-order chi connectivity index (χ1) is 8.16. The number of halogens is 1. The van der Waals surface area contributed by atoms with Gasteiger partial charge in [-0.3, -0.25) is 4.79 Å². The van der Waals surface area contributed by atoms with Gasteiger partial charge < -0.3 is 9.80 Å². The number of nitrogens with zero attached hydrogens (tertiary/aromatic N) is 2. The Kier molecular flexibility index (Phi) is 4.05. The molecule has 0 spiro atoms. The molecular formula is C13H17BrN2O. The minimum Gasteiger partial charge on any atom is -0.370 e. The molecule has 0 radical (unpaired) electrons. The Bertz CT molecular complexity index is 391. The van der Waals surface area contributed by atoms with Gasteiger partial charge in [0.1, 0.15) is 0 Å². The lowest BCUT2D eigenvalue weighted by Gasteiger charge is -2.23. The lowest BCUT2D eigenvalue weighted by atomic mass is 10.3. The highest BCUT2D eigenvalue weighted by Gasteiger charge is 2.16. The zero-order chi connectivity index (χ0) is 12.3. The summed E-state index contributed by atoms with van der Waals surface area (Å²) in [5, 5.41) is 0. The third kappa shape index (κ3) is 3.22. The summed E-state index contributed by atoms with van der Waals surface area (Å²) in [7, 11) is 0. The molecule has 17 heavy (non-hydrogen) atoms. The van der Waals surface area contributed by atoms with Crippen LogP contribution in [0.25, 0.3) is 0 Å². The second-order valence-corrected chi connectivity index (χ2v) is 5.24. The molecule has 2 rings (SSSR count). The number of rotatable bonds is 1. The van der Waals surface area contributed by atoms with Crippen molar-refractivity contribution in [3.63, 3.8) is 0 Å². The molecule has 0 aromatic heterocycles. The third-order valence-corrected chi connectivity index (χ3v) is 3.66. The van der Waals surface area contributed by atoms with E-state index in [-0.39, 0.29) is 5.91 Å². The van der Waals surface area contributed by atoms with E-state index in [0.29, 0.717) is 0 Å². The Morgan fingerprint density at radius 3 is 2.47 bits per heavy atom. The van der Waals surface area contributed by atoms with Gasteiger partial charge in [-0.05, 0) is 30.7 Å². The molecule has 0 aliphatic carbocycles. The maximum absolute atomic E-state index is 11.3. The highest BCUT2D eigenvalue weighted by atomic mass is 79.9. The number of benzene rings is 1. The molecule has 1 saturated heterocycles. The largest absolute Gasteiger partial charge is 0.370 e. The molecule has 1 aliphatic heterocycles. The first kappa shape index (κ1) is 12.4. The molecule has 1 fully saturated rings. The Morgan fingerprint density at radius 1 is 1.12 bits per heavy atom. The lowest BCUT2D eigenvalue weighted by molar-refractivity contribution is -0.128. The number of amides is 1. The van der Waals surface area contributed by atoms with Crippen LogP contribution in [-0.2, 0) is 4.79 Å². The maximum Gasteiger partial charge on any atom is 0.219 e. The van der Waals surface area contributed by atoms with Gasteiger partial charge >= 0.3 is 0 Å². The summed E-state index contributed by atoms with van der Waals surface area (Å²) in [5.41, 5.74) is 1.23. The van der Waals surface area contributed by atoms with E-state index in [0.717, 1.165) is 37.1 Å². The van der Waals surface area contributed by atoms with Gasteiger partial charge in [0, 0.05) is 43.3 Å². The second-order valence-electron chi connectivity index (χ2n) is 4.32. The number of hydrogen-bond donors (Lipinski definition) is 0. The summed E-state index contributed by atoms with van der Waals surface area (Å²) in [5.74, 6) is 0.183. The summed E-state index contributed by atoms with van der Waals surface area (Å²) in [6.07, 6.45) is 1.04. The van der Waals surface area contributed by atoms with E-state index >= 15 is 0 Å². The Labute approximate surface area is 111 Å². The molecule has 1 amide bonds. The number of carbonyl (C=O) groups is 1. The monoisotopic (exact) mass is 296 g/mol. The van der Waals surface area contributed by atoms with E-state index < -0.39 is 0 Å². The Balaban J connectivity index is 2.03. The molecular weight excluding hydrogens is 280 g/mol. The van der Waals surface area contributed by atoms with Gasteiger partial charge in [-0.2, -0.15) is 0 Å². The zero-order valence-electron chi connectivity index (χ0n) is 10.0. The molecule has 0 bridgehead atoms. The van der Waals surface area contributed by atoms with Gasteiger partial charge in [0.05, 0.1) is 0 Å². The molecule has 0 saturated carbocycles. The highest BCUT2D eigenvalue weighted by Crippen LogP contribution is 2.19. The fourth-order valence-corrected chi connectivity index (χ4v) is 2.41. The van der Waals surface area contributed by atoms with Crippen molar-refractivity contribution in [2.45, 2.75) is 13.3 Å². The van der Waals surface area contributed by atoms with Crippen LogP contribution in [0.5, 0.6) is 0 Å². The van der Waals surface area contributed by atoms with Gasteiger partial charge in [0.15, 0.2) is 0 Å². The van der Waals surface area contributed by atoms with Crippen molar-refractivity contribution >= 4 is 27.5 Å². The highest BCUT2D eigenvalue weighted by molar-refractivity contribution is 9.10. The quantitative estimate of drug-likeness (QED) is 0.795. The predicted octanol–water partition coefficient (Wildman–Crippen LogP) is 2.51. The third-order valence-electron chi connectivity index (χ3n) is 3.13. The van der Waals surface area contributed by atoms with Gasteiger partial charge in [-0.1, -0.05) is 15.9 Å². The molecule has 92 valence electrons. The maximum atomic E-state index is 11.3. The minimum absolute atomic E-state index is 0.183. The molecule has 3 nitrogen and oxygen atoms in total. The molecule has 1 aromatic rings. The molecule has 4 heteroatoms. The molecule has 0 atom stereocenters. The van der Waals surface area contributed by atoms with Crippen LogP contribution in [0.1, 0.15) is 13.3 Å².